The van der Waals surface area contributed by atoms with Crippen LogP contribution in [-0.2, 0) is 48.1 Å². The summed E-state index contributed by atoms with van der Waals surface area (Å²) in [5.74, 6) is 0.0140. The summed E-state index contributed by atoms with van der Waals surface area (Å²) in [5, 5.41) is 4.04. The van der Waals surface area contributed by atoms with E-state index in [0.29, 0.717) is 19.8 Å². The van der Waals surface area contributed by atoms with Crippen LogP contribution in [0.25, 0.3) is 10.4 Å². The van der Waals surface area contributed by atoms with Crippen molar-refractivity contribution in [1.82, 2.24) is 0 Å². The molecule has 3 saturated heterocycles. The highest BCUT2D eigenvalue weighted by Crippen LogP contribution is 2.40. The Hall–Kier alpha value is -3.27. The molecule has 2 bridgehead atoms. The summed E-state index contributed by atoms with van der Waals surface area (Å²) in [5.41, 5.74) is 12.7. The Morgan fingerprint density at radius 1 is 0.744 bits per heavy atom. The number of rotatable bonds is 11. The topological polar surface area (TPSA) is 104 Å². The van der Waals surface area contributed by atoms with Crippen LogP contribution in [-0.4, -0.2) is 55.7 Å². The molecule has 9 heteroatoms. The third kappa shape index (κ3) is 6.95. The fourth-order valence-electron chi connectivity index (χ4n) is 6.38. The first kappa shape index (κ1) is 29.8. The molecule has 10 atom stereocenters. The van der Waals surface area contributed by atoms with Crippen LogP contribution in [0.3, 0.4) is 0 Å². The Morgan fingerprint density at radius 2 is 1.33 bits per heavy atom. The SMILES string of the molecule is CC1[C@H](O[C@@H]2C3CO[C@H](O3)C(N=[N+]=[N-])[C@@H]2OCc2ccccc2)OC(Cc2ccccc2)[C@@H](C)[C@H]1OCc1ccccc1. The summed E-state index contributed by atoms with van der Waals surface area (Å²) in [6.07, 6.45) is -2.38. The maximum absolute atomic E-state index is 9.40. The van der Waals surface area contributed by atoms with E-state index in [0.717, 1.165) is 17.5 Å². The fraction of sp³-hybridized carbons (Fsp3) is 0.471. The van der Waals surface area contributed by atoms with Crippen LogP contribution >= 0.6 is 0 Å². The lowest BCUT2D eigenvalue weighted by Crippen LogP contribution is -2.59. The van der Waals surface area contributed by atoms with Crippen molar-refractivity contribution >= 4 is 0 Å². The van der Waals surface area contributed by atoms with Gasteiger partial charge in [-0.15, -0.1) is 0 Å². The minimum Gasteiger partial charge on any atom is -0.373 e. The summed E-state index contributed by atoms with van der Waals surface area (Å²) < 4.78 is 38.7. The zero-order valence-electron chi connectivity index (χ0n) is 24.6. The normalized spacial score (nSPS) is 33.5. The molecular weight excluding hydrogens is 546 g/mol. The smallest absolute Gasteiger partial charge is 0.169 e. The molecule has 3 aromatic rings. The molecule has 3 heterocycles. The van der Waals surface area contributed by atoms with E-state index in [2.05, 4.69) is 48.1 Å². The molecule has 3 aromatic carbocycles. The summed E-state index contributed by atoms with van der Waals surface area (Å²) in [6.45, 7) is 5.45. The molecule has 0 amide bonds. The van der Waals surface area contributed by atoms with Gasteiger partial charge in [-0.3, -0.25) is 0 Å². The molecule has 3 fully saturated rings. The molecule has 3 aliphatic heterocycles. The van der Waals surface area contributed by atoms with Gasteiger partial charge in [0.2, 0.25) is 0 Å². The largest absolute Gasteiger partial charge is 0.373 e. The van der Waals surface area contributed by atoms with E-state index in [-0.39, 0.29) is 30.1 Å². The van der Waals surface area contributed by atoms with Gasteiger partial charge in [-0.2, -0.15) is 0 Å². The van der Waals surface area contributed by atoms with Crippen LogP contribution in [0.1, 0.15) is 30.5 Å². The third-order valence-corrected chi connectivity index (χ3v) is 8.73. The van der Waals surface area contributed by atoms with Crippen LogP contribution in [0.15, 0.2) is 96.1 Å². The molecule has 4 unspecified atom stereocenters. The maximum Gasteiger partial charge on any atom is 0.169 e. The first-order valence-corrected chi connectivity index (χ1v) is 15.1. The van der Waals surface area contributed by atoms with Gasteiger partial charge in [0.1, 0.15) is 24.4 Å². The Labute approximate surface area is 252 Å². The average molecular weight is 586 g/mol. The lowest BCUT2D eigenvalue weighted by atomic mass is 9.83. The van der Waals surface area contributed by atoms with Gasteiger partial charge in [0.05, 0.1) is 32.0 Å². The van der Waals surface area contributed by atoms with Gasteiger partial charge in [-0.1, -0.05) is 110 Å². The van der Waals surface area contributed by atoms with Gasteiger partial charge in [0, 0.05) is 16.7 Å². The van der Waals surface area contributed by atoms with E-state index in [9.17, 15) is 5.53 Å². The lowest BCUT2D eigenvalue weighted by molar-refractivity contribution is -0.314. The first-order valence-electron chi connectivity index (χ1n) is 15.1. The van der Waals surface area contributed by atoms with Crippen LogP contribution in [0, 0.1) is 11.8 Å². The monoisotopic (exact) mass is 585 g/mol. The highest BCUT2D eigenvalue weighted by Gasteiger charge is 2.54. The summed E-state index contributed by atoms with van der Waals surface area (Å²) in [4.78, 5) is 3.09. The standard InChI is InChI=1S/C34H39N3O6/c1-22-27(18-24-12-6-3-7-13-24)41-33(23(2)30(22)38-19-25-14-8-4-9-15-25)43-31-28-21-40-34(42-28)29(36-37-35)32(31)39-20-26-16-10-5-11-17-26/h3-17,22-23,27-34H,18-21H2,1-2H3/t22-,23?,27?,28?,29?,30-,31-,32+,33+,34-/m1/s1. The number of azide groups is 1. The molecule has 226 valence electrons. The van der Waals surface area contributed by atoms with Gasteiger partial charge in [-0.05, 0) is 28.6 Å². The summed E-state index contributed by atoms with van der Waals surface area (Å²) >= 11 is 0. The molecule has 3 aliphatic rings. The van der Waals surface area contributed by atoms with Gasteiger partial charge in [0.25, 0.3) is 0 Å². The van der Waals surface area contributed by atoms with Crippen molar-refractivity contribution in [2.24, 2.45) is 17.0 Å². The molecule has 43 heavy (non-hydrogen) atoms. The molecular formula is C34H39N3O6. The predicted octanol–water partition coefficient (Wildman–Crippen LogP) is 6.22. The molecule has 6 rings (SSSR count). The van der Waals surface area contributed by atoms with Gasteiger partial charge in [0.15, 0.2) is 12.6 Å². The Balaban J connectivity index is 1.25. The number of fused-ring (bicyclic) bond motifs is 2. The van der Waals surface area contributed by atoms with Crippen molar-refractivity contribution in [3.63, 3.8) is 0 Å². The first-order chi connectivity index (χ1) is 21.1. The molecule has 0 aromatic heterocycles. The zero-order valence-corrected chi connectivity index (χ0v) is 24.6. The van der Waals surface area contributed by atoms with Crippen LogP contribution in [0.5, 0.6) is 0 Å². The van der Waals surface area contributed by atoms with E-state index in [4.69, 9.17) is 28.4 Å². The highest BCUT2D eigenvalue weighted by molar-refractivity contribution is 5.17. The molecule has 0 radical (unpaired) electrons. The molecule has 0 saturated carbocycles. The summed E-state index contributed by atoms with van der Waals surface area (Å²) in [7, 11) is 0. The highest BCUT2D eigenvalue weighted by atomic mass is 16.8. The minimum absolute atomic E-state index is 0.0986. The number of ether oxygens (including phenoxy) is 6. The van der Waals surface area contributed by atoms with E-state index in [1.807, 2.05) is 66.7 Å². The minimum atomic E-state index is -0.708. The number of nitrogens with zero attached hydrogens (tertiary/aromatic N) is 3. The van der Waals surface area contributed by atoms with Crippen molar-refractivity contribution in [1.29, 1.82) is 0 Å². The molecule has 9 nitrogen and oxygen atoms in total. The maximum atomic E-state index is 9.40. The van der Waals surface area contributed by atoms with Crippen molar-refractivity contribution < 1.29 is 28.4 Å². The van der Waals surface area contributed by atoms with E-state index in [1.165, 1.54) is 5.56 Å². The van der Waals surface area contributed by atoms with Crippen LogP contribution in [0.4, 0.5) is 0 Å². The van der Waals surface area contributed by atoms with Crippen LogP contribution < -0.4 is 0 Å². The van der Waals surface area contributed by atoms with Gasteiger partial charge in [-0.25, -0.2) is 0 Å². The van der Waals surface area contributed by atoms with Crippen molar-refractivity contribution in [3.05, 3.63) is 118 Å². The molecule has 0 aliphatic carbocycles. The zero-order chi connectivity index (χ0) is 29.6. The third-order valence-electron chi connectivity index (χ3n) is 8.73. The van der Waals surface area contributed by atoms with Crippen molar-refractivity contribution in [2.75, 3.05) is 6.61 Å². The average Bonchev–Trinajstić information content (AvgIpc) is 3.48. The number of hydrogen-bond donors (Lipinski definition) is 0. The Kier molecular flexibility index (Phi) is 9.71. The van der Waals surface area contributed by atoms with Crippen molar-refractivity contribution in [3.8, 4) is 0 Å². The Bertz CT molecular complexity index is 1340. The second-order valence-electron chi connectivity index (χ2n) is 11.6. The molecule has 0 N–H and O–H groups in total. The van der Waals surface area contributed by atoms with E-state index < -0.39 is 30.8 Å². The van der Waals surface area contributed by atoms with Gasteiger partial charge < -0.3 is 28.4 Å². The second kappa shape index (κ2) is 14.0. The summed E-state index contributed by atoms with van der Waals surface area (Å²) in [6, 6.07) is 29.7. The van der Waals surface area contributed by atoms with E-state index >= 15 is 0 Å². The Morgan fingerprint density at radius 3 is 1.93 bits per heavy atom. The van der Waals surface area contributed by atoms with E-state index in [1.54, 1.807) is 0 Å². The second-order valence-corrected chi connectivity index (χ2v) is 11.6. The lowest BCUT2D eigenvalue weighted by Gasteiger charge is -2.47. The predicted molar refractivity (Wildman–Crippen MR) is 160 cm³/mol. The quantitative estimate of drug-likeness (QED) is 0.150. The van der Waals surface area contributed by atoms with Gasteiger partial charge >= 0.3 is 0 Å². The number of hydrogen-bond acceptors (Lipinski definition) is 7. The fourth-order valence-corrected chi connectivity index (χ4v) is 6.38. The number of benzene rings is 3. The van der Waals surface area contributed by atoms with Crippen molar-refractivity contribution in [2.45, 2.75) is 82.6 Å². The van der Waals surface area contributed by atoms with Crippen LogP contribution in [0.2, 0.25) is 0 Å². The molecule has 0 spiro atoms.